The van der Waals surface area contributed by atoms with Gasteiger partial charge in [-0.3, -0.25) is 0 Å². The minimum Gasteiger partial charge on any atom is -0.497 e. The van der Waals surface area contributed by atoms with Crippen molar-refractivity contribution >= 4 is 75.4 Å². The van der Waals surface area contributed by atoms with E-state index in [1.807, 2.05) is 0 Å². The van der Waals surface area contributed by atoms with Crippen LogP contribution in [0, 0.1) is 0 Å². The number of fused-ring (bicyclic) bond motifs is 10. The van der Waals surface area contributed by atoms with E-state index in [4.69, 9.17) is 9.47 Å². The van der Waals surface area contributed by atoms with Crippen LogP contribution in [0.15, 0.2) is 84.9 Å². The average Bonchev–Trinajstić information content (AvgIpc) is 3.01. The van der Waals surface area contributed by atoms with Gasteiger partial charge in [0.25, 0.3) is 0 Å². The summed E-state index contributed by atoms with van der Waals surface area (Å²) in [6.07, 6.45) is 0. The summed E-state index contributed by atoms with van der Waals surface area (Å²) < 4.78 is 11.5. The van der Waals surface area contributed by atoms with E-state index in [0.717, 1.165) is 11.5 Å². The van der Waals surface area contributed by atoms with E-state index in [2.05, 4.69) is 126 Å². The monoisotopic (exact) mass is 574 g/mol. The summed E-state index contributed by atoms with van der Waals surface area (Å²) in [5.74, 6) is 1.76. The molecular weight excluding hydrogens is 536 g/mol. The van der Waals surface area contributed by atoms with Gasteiger partial charge in [-0.15, -0.1) is 0 Å². The summed E-state index contributed by atoms with van der Waals surface area (Å²) in [5.41, 5.74) is 2.63. The first-order valence-electron chi connectivity index (χ1n) is 15.6. The molecule has 0 amide bonds. The Balaban J connectivity index is 1.77. The highest BCUT2D eigenvalue weighted by Crippen LogP contribution is 2.50. The van der Waals surface area contributed by atoms with Crippen molar-refractivity contribution in [1.29, 1.82) is 0 Å². The molecule has 8 rings (SSSR count). The summed E-state index contributed by atoms with van der Waals surface area (Å²) in [6.45, 7) is 13.9. The van der Waals surface area contributed by atoms with Crippen LogP contribution in [-0.2, 0) is 10.8 Å². The minimum absolute atomic E-state index is 0.0230. The number of rotatable bonds is 2. The lowest BCUT2D eigenvalue weighted by molar-refractivity contribution is 0.415. The Bertz CT molecular complexity index is 2290. The fourth-order valence-corrected chi connectivity index (χ4v) is 7.39. The molecule has 0 aromatic heterocycles. The molecule has 2 nitrogen and oxygen atoms in total. The van der Waals surface area contributed by atoms with E-state index in [9.17, 15) is 0 Å². The van der Waals surface area contributed by atoms with Gasteiger partial charge in [-0.25, -0.2) is 0 Å². The Morgan fingerprint density at radius 3 is 1.09 bits per heavy atom. The van der Waals surface area contributed by atoms with Crippen molar-refractivity contribution in [1.82, 2.24) is 0 Å². The normalized spacial score (nSPS) is 13.0. The van der Waals surface area contributed by atoms with Gasteiger partial charge in [0.2, 0.25) is 0 Å². The minimum atomic E-state index is -0.0230. The molecule has 0 heterocycles. The van der Waals surface area contributed by atoms with Crippen molar-refractivity contribution in [3.63, 3.8) is 0 Å². The van der Waals surface area contributed by atoms with Crippen LogP contribution in [0.2, 0.25) is 0 Å². The molecule has 0 radical (unpaired) electrons. The summed E-state index contributed by atoms with van der Waals surface area (Å²) in [7, 11) is 3.51. The van der Waals surface area contributed by atoms with Crippen LogP contribution >= 0.6 is 0 Å². The molecule has 0 aliphatic rings. The molecule has 0 atom stereocenters. The van der Waals surface area contributed by atoms with E-state index >= 15 is 0 Å². The van der Waals surface area contributed by atoms with Gasteiger partial charge in [0.05, 0.1) is 14.2 Å². The molecule has 0 bridgehead atoms. The highest BCUT2D eigenvalue weighted by molar-refractivity contribution is 6.44. The van der Waals surface area contributed by atoms with E-state index in [-0.39, 0.29) is 10.8 Å². The third kappa shape index (κ3) is 3.73. The summed E-state index contributed by atoms with van der Waals surface area (Å²) >= 11 is 0. The SMILES string of the molecule is COc1ccc2ccc3c4cc(C(C)(C)C)cc5c6c7cc(OC)ccc7ccc6c6cc(C(C)(C)C)cc(c3c2c1)c6c45. The Hall–Kier alpha value is -4.56. The lowest BCUT2D eigenvalue weighted by atomic mass is 9.77. The van der Waals surface area contributed by atoms with Crippen LogP contribution in [0.1, 0.15) is 52.7 Å². The second-order valence-corrected chi connectivity index (χ2v) is 14.5. The lowest BCUT2D eigenvalue weighted by Crippen LogP contribution is -2.12. The number of benzene rings is 8. The van der Waals surface area contributed by atoms with Gasteiger partial charge < -0.3 is 9.47 Å². The maximum Gasteiger partial charge on any atom is 0.119 e. The first-order valence-corrected chi connectivity index (χ1v) is 15.6. The van der Waals surface area contributed by atoms with E-state index in [1.165, 1.54) is 86.5 Å². The van der Waals surface area contributed by atoms with E-state index in [1.54, 1.807) is 14.2 Å². The maximum atomic E-state index is 5.76. The fourth-order valence-electron chi connectivity index (χ4n) is 7.39. The van der Waals surface area contributed by atoms with Gasteiger partial charge in [0.1, 0.15) is 11.5 Å². The second-order valence-electron chi connectivity index (χ2n) is 14.5. The van der Waals surface area contributed by atoms with Crippen LogP contribution in [0.5, 0.6) is 11.5 Å². The van der Waals surface area contributed by atoms with Crippen molar-refractivity contribution in [3.8, 4) is 11.5 Å². The van der Waals surface area contributed by atoms with Crippen molar-refractivity contribution in [2.75, 3.05) is 14.2 Å². The third-order valence-corrected chi connectivity index (χ3v) is 9.84. The molecule has 0 aliphatic heterocycles. The number of ether oxygens (including phenoxy) is 2. The lowest BCUT2D eigenvalue weighted by Gasteiger charge is -2.26. The molecule has 0 saturated carbocycles. The van der Waals surface area contributed by atoms with Gasteiger partial charge >= 0.3 is 0 Å². The van der Waals surface area contributed by atoms with Crippen LogP contribution < -0.4 is 9.47 Å². The molecule has 2 heteroatoms. The molecule has 8 aromatic carbocycles. The van der Waals surface area contributed by atoms with Gasteiger partial charge in [0.15, 0.2) is 0 Å². The third-order valence-electron chi connectivity index (χ3n) is 9.84. The van der Waals surface area contributed by atoms with Crippen LogP contribution in [0.3, 0.4) is 0 Å². The van der Waals surface area contributed by atoms with Crippen molar-refractivity contribution in [3.05, 3.63) is 96.1 Å². The zero-order valence-corrected chi connectivity index (χ0v) is 26.9. The van der Waals surface area contributed by atoms with Crippen molar-refractivity contribution in [2.24, 2.45) is 0 Å². The van der Waals surface area contributed by atoms with Gasteiger partial charge in [-0.1, -0.05) is 77.9 Å². The zero-order valence-electron chi connectivity index (χ0n) is 26.9. The zero-order chi connectivity index (χ0) is 30.7. The Kier molecular flexibility index (Phi) is 5.52. The molecular formula is C42H38O2. The van der Waals surface area contributed by atoms with Crippen molar-refractivity contribution in [2.45, 2.75) is 52.4 Å². The predicted octanol–water partition coefficient (Wildman–Crippen LogP) is 11.8. The topological polar surface area (TPSA) is 18.5 Å². The Morgan fingerprint density at radius 2 is 0.727 bits per heavy atom. The van der Waals surface area contributed by atoms with Crippen LogP contribution in [0.4, 0.5) is 0 Å². The van der Waals surface area contributed by atoms with E-state index in [0.29, 0.717) is 0 Å². The number of hydrogen-bond donors (Lipinski definition) is 0. The molecule has 218 valence electrons. The average molecular weight is 575 g/mol. The van der Waals surface area contributed by atoms with Gasteiger partial charge in [0, 0.05) is 0 Å². The van der Waals surface area contributed by atoms with Crippen LogP contribution in [-0.4, -0.2) is 14.2 Å². The highest BCUT2D eigenvalue weighted by Gasteiger charge is 2.25. The van der Waals surface area contributed by atoms with Crippen LogP contribution in [0.25, 0.3) is 75.4 Å². The first kappa shape index (κ1) is 27.0. The first-order chi connectivity index (χ1) is 21.0. The summed E-state index contributed by atoms with van der Waals surface area (Å²) in [6, 6.07) is 32.1. The molecule has 0 spiro atoms. The number of hydrogen-bond acceptors (Lipinski definition) is 2. The van der Waals surface area contributed by atoms with Gasteiger partial charge in [-0.2, -0.15) is 0 Å². The summed E-state index contributed by atoms with van der Waals surface area (Å²) in [5, 5.41) is 18.1. The smallest absolute Gasteiger partial charge is 0.119 e. The standard InChI is InChI=1S/C42H38O2/c1-41(2,3)25-17-33-29-15-11-24-10-14-28(44-8)22-32(24)38(29)36-20-26(42(4,5)6)18-34-30-16-12-23-9-13-27(43-7)21-31(23)37(30)35(19-25)39(33)40(34)36/h9-22H,1-8H3. The Morgan fingerprint density at radius 1 is 0.364 bits per heavy atom. The van der Waals surface area contributed by atoms with Gasteiger partial charge in [-0.05, 0) is 146 Å². The molecule has 0 N–H and O–H groups in total. The number of methoxy groups -OCH3 is 2. The maximum absolute atomic E-state index is 5.76. The molecule has 44 heavy (non-hydrogen) atoms. The molecule has 8 aromatic rings. The van der Waals surface area contributed by atoms with Crippen molar-refractivity contribution < 1.29 is 9.47 Å². The molecule has 0 fully saturated rings. The van der Waals surface area contributed by atoms with E-state index < -0.39 is 0 Å². The molecule has 0 unspecified atom stereocenters. The fraction of sp³-hybridized carbons (Fsp3) is 0.238. The Labute approximate surface area is 258 Å². The summed E-state index contributed by atoms with van der Waals surface area (Å²) in [4.78, 5) is 0. The highest BCUT2D eigenvalue weighted by atomic mass is 16.5. The second kappa shape index (κ2) is 8.99. The molecule has 0 saturated heterocycles. The molecule has 0 aliphatic carbocycles. The predicted molar refractivity (Wildman–Crippen MR) is 191 cm³/mol. The largest absolute Gasteiger partial charge is 0.497 e. The quantitative estimate of drug-likeness (QED) is 0.151.